The summed E-state index contributed by atoms with van der Waals surface area (Å²) in [6.07, 6.45) is 0.942. The maximum Gasteiger partial charge on any atom is 0.313 e. The molecule has 0 bridgehead atoms. The molecule has 0 aromatic carbocycles. The summed E-state index contributed by atoms with van der Waals surface area (Å²) in [5.41, 5.74) is 5.30. The van der Waals surface area contributed by atoms with Crippen LogP contribution in [0.2, 0.25) is 0 Å². The Bertz CT molecular complexity index is 647. The molecular formula is C15H25N5O3. The molecule has 8 heteroatoms. The number of aromatic hydroxyl groups is 1. The third kappa shape index (κ3) is 3.94. The normalized spacial score (nSPS) is 16.9. The highest BCUT2D eigenvalue weighted by atomic mass is 16.5. The lowest BCUT2D eigenvalue weighted by Crippen LogP contribution is -2.48. The lowest BCUT2D eigenvalue weighted by Gasteiger charge is -2.32. The zero-order valence-corrected chi connectivity index (χ0v) is 14.1. The standard InChI is InChI=1S/C15H25N5O3/c1-9(20-7-5-6-17-14(20)16)8-23-13-12(22)19-11(21)10(18-13)15(2,3)4/h9H,5-8H2,1-4H3,(H2,16,17)(H2,19,21,22). The number of aromatic nitrogens is 2. The quantitative estimate of drug-likeness (QED) is 0.745. The predicted molar refractivity (Wildman–Crippen MR) is 88.0 cm³/mol. The second-order valence-corrected chi connectivity index (χ2v) is 6.77. The highest BCUT2D eigenvalue weighted by Crippen LogP contribution is 2.26. The highest BCUT2D eigenvalue weighted by molar-refractivity contribution is 5.78. The summed E-state index contributed by atoms with van der Waals surface area (Å²) in [6.45, 7) is 9.43. The molecule has 1 aromatic rings. The van der Waals surface area contributed by atoms with Gasteiger partial charge in [-0.1, -0.05) is 20.8 Å². The number of nitrogens with zero attached hydrogens (tertiary/aromatic N) is 3. The first-order valence-electron chi connectivity index (χ1n) is 7.73. The van der Waals surface area contributed by atoms with Crippen LogP contribution in [0.15, 0.2) is 9.79 Å². The summed E-state index contributed by atoms with van der Waals surface area (Å²) in [4.78, 5) is 24.6. The van der Waals surface area contributed by atoms with Crippen molar-refractivity contribution in [2.75, 3.05) is 19.7 Å². The summed E-state index contributed by atoms with van der Waals surface area (Å²) in [5.74, 6) is 0.220. The molecule has 1 aromatic heterocycles. The fraction of sp³-hybridized carbons (Fsp3) is 0.667. The van der Waals surface area contributed by atoms with E-state index in [2.05, 4.69) is 15.0 Å². The molecule has 0 saturated carbocycles. The minimum atomic E-state index is -0.553. The van der Waals surface area contributed by atoms with E-state index in [0.717, 1.165) is 19.5 Å². The third-order valence-corrected chi connectivity index (χ3v) is 3.69. The van der Waals surface area contributed by atoms with Gasteiger partial charge in [-0.25, -0.2) is 4.98 Å². The minimum Gasteiger partial charge on any atom is -0.493 e. The maximum atomic E-state index is 11.9. The fourth-order valence-electron chi connectivity index (χ4n) is 2.42. The molecule has 0 amide bonds. The van der Waals surface area contributed by atoms with Gasteiger partial charge in [0.15, 0.2) is 5.96 Å². The number of H-pyrrole nitrogens is 1. The smallest absolute Gasteiger partial charge is 0.313 e. The molecule has 2 rings (SSSR count). The van der Waals surface area contributed by atoms with Gasteiger partial charge in [-0.15, -0.1) is 0 Å². The van der Waals surface area contributed by atoms with Crippen LogP contribution >= 0.6 is 0 Å². The zero-order chi connectivity index (χ0) is 17.2. The Morgan fingerprint density at radius 1 is 1.48 bits per heavy atom. The van der Waals surface area contributed by atoms with Crippen molar-refractivity contribution in [2.45, 2.75) is 45.6 Å². The summed E-state index contributed by atoms with van der Waals surface area (Å²) in [6, 6.07) is -0.0351. The molecule has 0 aliphatic carbocycles. The summed E-state index contributed by atoms with van der Waals surface area (Å²) in [5, 5.41) is 9.85. The average Bonchev–Trinajstić information content (AvgIpc) is 2.45. The van der Waals surface area contributed by atoms with E-state index >= 15 is 0 Å². The molecule has 0 spiro atoms. The van der Waals surface area contributed by atoms with Gasteiger partial charge >= 0.3 is 5.56 Å². The maximum absolute atomic E-state index is 11.9. The first kappa shape index (κ1) is 17.1. The molecular weight excluding hydrogens is 298 g/mol. The van der Waals surface area contributed by atoms with Gasteiger partial charge in [-0.2, -0.15) is 0 Å². The molecule has 0 radical (unpaired) electrons. The molecule has 0 saturated heterocycles. The zero-order valence-electron chi connectivity index (χ0n) is 14.1. The van der Waals surface area contributed by atoms with Crippen molar-refractivity contribution in [2.24, 2.45) is 10.7 Å². The number of aliphatic imine (C=N–C) groups is 1. The van der Waals surface area contributed by atoms with Crippen LogP contribution in [0.4, 0.5) is 0 Å². The molecule has 128 valence electrons. The van der Waals surface area contributed by atoms with Crippen molar-refractivity contribution in [3.63, 3.8) is 0 Å². The molecule has 23 heavy (non-hydrogen) atoms. The van der Waals surface area contributed by atoms with Crippen molar-refractivity contribution in [1.29, 1.82) is 0 Å². The largest absolute Gasteiger partial charge is 0.493 e. The van der Waals surface area contributed by atoms with Crippen molar-refractivity contribution in [3.8, 4) is 11.8 Å². The number of guanidine groups is 1. The number of hydrogen-bond donors (Lipinski definition) is 3. The molecule has 2 heterocycles. The number of nitrogens with one attached hydrogen (secondary N) is 1. The number of aromatic amines is 1. The highest BCUT2D eigenvalue weighted by Gasteiger charge is 2.24. The van der Waals surface area contributed by atoms with Crippen LogP contribution in [-0.4, -0.2) is 51.7 Å². The number of ether oxygens (including phenoxy) is 1. The number of rotatable bonds is 4. The Labute approximate surface area is 135 Å². The van der Waals surface area contributed by atoms with Gasteiger partial charge in [-0.3, -0.25) is 14.8 Å². The number of hydrogen-bond acceptors (Lipinski definition) is 7. The van der Waals surface area contributed by atoms with Gasteiger partial charge in [0.25, 0.3) is 5.88 Å². The summed E-state index contributed by atoms with van der Waals surface area (Å²) in [7, 11) is 0. The van der Waals surface area contributed by atoms with Crippen LogP contribution in [0.1, 0.15) is 39.8 Å². The van der Waals surface area contributed by atoms with Crippen molar-refractivity contribution in [3.05, 3.63) is 16.0 Å². The van der Waals surface area contributed by atoms with Gasteiger partial charge in [0.05, 0.1) is 6.04 Å². The van der Waals surface area contributed by atoms with Crippen molar-refractivity contribution in [1.82, 2.24) is 14.9 Å². The van der Waals surface area contributed by atoms with E-state index in [0.29, 0.717) is 11.7 Å². The van der Waals surface area contributed by atoms with E-state index in [4.69, 9.17) is 10.5 Å². The first-order chi connectivity index (χ1) is 10.7. The Kier molecular flexibility index (Phi) is 4.82. The Balaban J connectivity index is 2.13. The molecule has 1 aliphatic heterocycles. The lowest BCUT2D eigenvalue weighted by molar-refractivity contribution is 0.193. The van der Waals surface area contributed by atoms with Gasteiger partial charge in [-0.05, 0) is 13.3 Å². The lowest BCUT2D eigenvalue weighted by atomic mass is 9.92. The Morgan fingerprint density at radius 3 is 2.78 bits per heavy atom. The molecule has 0 fully saturated rings. The molecule has 1 aliphatic rings. The first-order valence-corrected chi connectivity index (χ1v) is 7.73. The van der Waals surface area contributed by atoms with Crippen molar-refractivity contribution >= 4 is 5.96 Å². The summed E-state index contributed by atoms with van der Waals surface area (Å²) >= 11 is 0. The number of nitrogens with two attached hydrogens (primary N) is 1. The van der Waals surface area contributed by atoms with E-state index < -0.39 is 11.0 Å². The van der Waals surface area contributed by atoms with E-state index in [1.54, 1.807) is 0 Å². The monoisotopic (exact) mass is 323 g/mol. The van der Waals surface area contributed by atoms with Gasteiger partial charge < -0.3 is 20.5 Å². The van der Waals surface area contributed by atoms with E-state index in [1.807, 2.05) is 32.6 Å². The summed E-state index contributed by atoms with van der Waals surface area (Å²) < 4.78 is 5.57. The van der Waals surface area contributed by atoms with Gasteiger partial charge in [0.2, 0.25) is 5.88 Å². The third-order valence-electron chi connectivity index (χ3n) is 3.69. The molecule has 4 N–H and O–H groups in total. The Hall–Kier alpha value is -2.25. The van der Waals surface area contributed by atoms with Crippen LogP contribution < -0.4 is 16.0 Å². The second-order valence-electron chi connectivity index (χ2n) is 6.77. The SMILES string of the molecule is CC(COc1nc(C(C)(C)C)c(O)[nH]c1=O)N1CCCN=C1N. The van der Waals surface area contributed by atoms with Crippen LogP contribution in [0, 0.1) is 0 Å². The van der Waals surface area contributed by atoms with E-state index in [9.17, 15) is 9.90 Å². The van der Waals surface area contributed by atoms with Crippen LogP contribution in [0.5, 0.6) is 11.8 Å². The van der Waals surface area contributed by atoms with Gasteiger partial charge in [0.1, 0.15) is 12.3 Å². The average molecular weight is 323 g/mol. The topological polar surface area (TPSA) is 117 Å². The predicted octanol–water partition coefficient (Wildman–Crippen LogP) is 0.561. The van der Waals surface area contributed by atoms with E-state index in [1.165, 1.54) is 0 Å². The fourth-order valence-corrected chi connectivity index (χ4v) is 2.42. The van der Waals surface area contributed by atoms with Gasteiger partial charge in [0, 0.05) is 18.5 Å². The molecule has 1 unspecified atom stereocenters. The van der Waals surface area contributed by atoms with E-state index in [-0.39, 0.29) is 24.4 Å². The molecule has 8 nitrogen and oxygen atoms in total. The van der Waals surface area contributed by atoms with Crippen molar-refractivity contribution < 1.29 is 9.84 Å². The Morgan fingerprint density at radius 2 is 2.17 bits per heavy atom. The van der Waals surface area contributed by atoms with Crippen LogP contribution in [-0.2, 0) is 5.41 Å². The molecule has 1 atom stereocenters. The minimum absolute atomic E-state index is 0.0351. The van der Waals surface area contributed by atoms with Crippen LogP contribution in [0.3, 0.4) is 0 Å². The van der Waals surface area contributed by atoms with Crippen LogP contribution in [0.25, 0.3) is 0 Å². The second kappa shape index (κ2) is 6.47.